The van der Waals surface area contributed by atoms with Crippen LogP contribution in [0.4, 0.5) is 13.2 Å². The van der Waals surface area contributed by atoms with Gasteiger partial charge < -0.3 is 10.5 Å². The molecule has 1 aromatic rings. The normalized spacial score (nSPS) is 13.0. The molecule has 0 heterocycles. The number of ether oxygens (including phenoxy) is 1. The van der Waals surface area contributed by atoms with E-state index in [-0.39, 0.29) is 11.3 Å². The van der Waals surface area contributed by atoms with Gasteiger partial charge in [-0.15, -0.1) is 0 Å². The van der Waals surface area contributed by atoms with E-state index < -0.39 is 18.3 Å². The third-order valence-corrected chi connectivity index (χ3v) is 2.06. The van der Waals surface area contributed by atoms with Gasteiger partial charge in [0.25, 0.3) is 6.43 Å². The number of benzene rings is 1. The van der Waals surface area contributed by atoms with Gasteiger partial charge in [0.05, 0.1) is 18.7 Å². The molecule has 0 aromatic heterocycles. The van der Waals surface area contributed by atoms with Crippen LogP contribution in [0, 0.1) is 12.7 Å². The van der Waals surface area contributed by atoms with E-state index in [0.717, 1.165) is 6.07 Å². The maximum atomic E-state index is 13.4. The summed E-state index contributed by atoms with van der Waals surface area (Å²) in [6.07, 6.45) is -2.82. The first kappa shape index (κ1) is 11.8. The maximum Gasteiger partial charge on any atom is 0.257 e. The van der Waals surface area contributed by atoms with Gasteiger partial charge in [0.1, 0.15) is 11.6 Å². The highest BCUT2D eigenvalue weighted by Gasteiger charge is 2.25. The smallest absolute Gasteiger partial charge is 0.257 e. The van der Waals surface area contributed by atoms with E-state index >= 15 is 0 Å². The number of methoxy groups -OCH3 is 1. The molecule has 0 saturated heterocycles. The highest BCUT2D eigenvalue weighted by atomic mass is 19.3. The molecule has 15 heavy (non-hydrogen) atoms. The highest BCUT2D eigenvalue weighted by molar-refractivity contribution is 5.40. The zero-order valence-electron chi connectivity index (χ0n) is 8.43. The number of hydrogen-bond donors (Lipinski definition) is 1. The van der Waals surface area contributed by atoms with Crippen LogP contribution in [0.2, 0.25) is 0 Å². The van der Waals surface area contributed by atoms with Crippen molar-refractivity contribution in [3.8, 4) is 5.75 Å². The molecule has 0 fully saturated rings. The fraction of sp³-hybridized carbons (Fsp3) is 0.400. The molecule has 1 rings (SSSR count). The Morgan fingerprint density at radius 2 is 1.93 bits per heavy atom. The first-order valence-corrected chi connectivity index (χ1v) is 4.35. The molecular formula is C10H12F3NO. The molecule has 2 nitrogen and oxygen atoms in total. The molecule has 0 saturated carbocycles. The van der Waals surface area contributed by atoms with E-state index in [1.54, 1.807) is 6.92 Å². The minimum Gasteiger partial charge on any atom is -0.496 e. The van der Waals surface area contributed by atoms with Crippen molar-refractivity contribution in [2.75, 3.05) is 7.11 Å². The number of hydrogen-bond acceptors (Lipinski definition) is 2. The van der Waals surface area contributed by atoms with Crippen molar-refractivity contribution in [2.24, 2.45) is 5.73 Å². The third-order valence-electron chi connectivity index (χ3n) is 2.06. The van der Waals surface area contributed by atoms with Crippen LogP contribution in [0.5, 0.6) is 5.75 Å². The van der Waals surface area contributed by atoms with Crippen LogP contribution in [0.25, 0.3) is 0 Å². The molecular weight excluding hydrogens is 207 g/mol. The van der Waals surface area contributed by atoms with E-state index in [9.17, 15) is 13.2 Å². The topological polar surface area (TPSA) is 35.2 Å². The maximum absolute atomic E-state index is 13.4. The van der Waals surface area contributed by atoms with Crippen LogP contribution in [0.3, 0.4) is 0 Å². The number of aryl methyl sites for hydroxylation is 1. The first-order chi connectivity index (χ1) is 6.97. The van der Waals surface area contributed by atoms with Crippen molar-refractivity contribution in [3.05, 3.63) is 29.1 Å². The van der Waals surface area contributed by atoms with Crippen LogP contribution >= 0.6 is 0 Å². The van der Waals surface area contributed by atoms with Gasteiger partial charge >= 0.3 is 0 Å². The summed E-state index contributed by atoms with van der Waals surface area (Å²) in [6, 6.07) is 0.960. The van der Waals surface area contributed by atoms with E-state index in [4.69, 9.17) is 10.5 Å². The fourth-order valence-corrected chi connectivity index (χ4v) is 1.34. The van der Waals surface area contributed by atoms with Gasteiger partial charge in [0.2, 0.25) is 0 Å². The predicted octanol–water partition coefficient (Wildman–Crippen LogP) is 2.41. The van der Waals surface area contributed by atoms with Crippen molar-refractivity contribution in [3.63, 3.8) is 0 Å². The van der Waals surface area contributed by atoms with Gasteiger partial charge in [-0.25, -0.2) is 13.2 Å². The summed E-state index contributed by atoms with van der Waals surface area (Å²) in [5.74, 6) is -0.708. The van der Waals surface area contributed by atoms with Gasteiger partial charge in [-0.1, -0.05) is 0 Å². The quantitative estimate of drug-likeness (QED) is 0.847. The van der Waals surface area contributed by atoms with Crippen LogP contribution in [-0.2, 0) is 0 Å². The Balaban J connectivity index is 3.26. The second kappa shape index (κ2) is 4.53. The molecule has 0 spiro atoms. The van der Waals surface area contributed by atoms with E-state index in [0.29, 0.717) is 5.56 Å². The lowest BCUT2D eigenvalue weighted by Gasteiger charge is -2.16. The summed E-state index contributed by atoms with van der Waals surface area (Å²) in [5.41, 5.74) is 5.51. The van der Waals surface area contributed by atoms with Crippen LogP contribution in [-0.4, -0.2) is 13.5 Å². The number of rotatable bonds is 3. The molecule has 1 unspecified atom stereocenters. The predicted molar refractivity (Wildman–Crippen MR) is 50.6 cm³/mol. The lowest BCUT2D eigenvalue weighted by Crippen LogP contribution is -2.21. The minimum atomic E-state index is -2.82. The Morgan fingerprint density at radius 1 is 1.33 bits per heavy atom. The van der Waals surface area contributed by atoms with Crippen LogP contribution in [0.15, 0.2) is 12.1 Å². The molecule has 1 aromatic carbocycles. The molecule has 5 heteroatoms. The largest absolute Gasteiger partial charge is 0.496 e. The highest BCUT2D eigenvalue weighted by Crippen LogP contribution is 2.31. The van der Waals surface area contributed by atoms with Crippen molar-refractivity contribution in [1.82, 2.24) is 0 Å². The third kappa shape index (κ3) is 2.41. The Labute approximate surface area is 85.8 Å². The average Bonchev–Trinajstić information content (AvgIpc) is 2.15. The SMILES string of the molecule is COc1cc(C)cc(F)c1C(N)C(F)F. The lowest BCUT2D eigenvalue weighted by molar-refractivity contribution is 0.113. The minimum absolute atomic E-state index is 0.0558. The Bertz CT molecular complexity index is 355. The van der Waals surface area contributed by atoms with Gasteiger partial charge in [0, 0.05) is 0 Å². The summed E-state index contributed by atoms with van der Waals surface area (Å²) in [5, 5.41) is 0. The molecule has 84 valence electrons. The fourth-order valence-electron chi connectivity index (χ4n) is 1.34. The van der Waals surface area contributed by atoms with E-state index in [2.05, 4.69) is 0 Å². The van der Waals surface area contributed by atoms with Gasteiger partial charge in [-0.3, -0.25) is 0 Å². The van der Waals surface area contributed by atoms with Crippen molar-refractivity contribution in [2.45, 2.75) is 19.4 Å². The molecule has 0 aliphatic carbocycles. The van der Waals surface area contributed by atoms with Gasteiger partial charge in [-0.05, 0) is 24.6 Å². The van der Waals surface area contributed by atoms with Crippen molar-refractivity contribution < 1.29 is 17.9 Å². The second-order valence-corrected chi connectivity index (χ2v) is 3.22. The van der Waals surface area contributed by atoms with Crippen LogP contribution in [0.1, 0.15) is 17.2 Å². The summed E-state index contributed by atoms with van der Waals surface area (Å²) in [7, 11) is 1.29. The van der Waals surface area contributed by atoms with Crippen LogP contribution < -0.4 is 10.5 Å². The van der Waals surface area contributed by atoms with E-state index in [1.807, 2.05) is 0 Å². The Hall–Kier alpha value is -1.23. The lowest BCUT2D eigenvalue weighted by atomic mass is 10.0. The summed E-state index contributed by atoms with van der Waals surface area (Å²) in [6.45, 7) is 1.64. The van der Waals surface area contributed by atoms with Gasteiger partial charge in [-0.2, -0.15) is 0 Å². The van der Waals surface area contributed by atoms with E-state index in [1.165, 1.54) is 13.2 Å². The average molecular weight is 219 g/mol. The molecule has 1 atom stereocenters. The van der Waals surface area contributed by atoms with Crippen molar-refractivity contribution in [1.29, 1.82) is 0 Å². The second-order valence-electron chi connectivity index (χ2n) is 3.22. The molecule has 0 bridgehead atoms. The molecule has 0 aliphatic heterocycles. The first-order valence-electron chi connectivity index (χ1n) is 4.35. The Kier molecular flexibility index (Phi) is 3.57. The zero-order chi connectivity index (χ0) is 11.6. The summed E-state index contributed by atoms with van der Waals surface area (Å²) < 4.78 is 43.0. The van der Waals surface area contributed by atoms with Gasteiger partial charge in [0.15, 0.2) is 0 Å². The number of alkyl halides is 2. The standard InChI is InChI=1S/C10H12F3NO/c1-5-3-6(11)8(7(4-5)15-2)9(14)10(12)13/h3-4,9-10H,14H2,1-2H3. The molecule has 0 radical (unpaired) electrons. The zero-order valence-corrected chi connectivity index (χ0v) is 8.43. The number of nitrogens with two attached hydrogens (primary N) is 1. The molecule has 2 N–H and O–H groups in total. The summed E-state index contributed by atoms with van der Waals surface area (Å²) in [4.78, 5) is 0. The molecule has 0 amide bonds. The monoisotopic (exact) mass is 219 g/mol. The summed E-state index contributed by atoms with van der Waals surface area (Å²) >= 11 is 0. The van der Waals surface area contributed by atoms with Crippen molar-refractivity contribution >= 4 is 0 Å². The number of halogens is 3. The molecule has 0 aliphatic rings. The Morgan fingerprint density at radius 3 is 2.40 bits per heavy atom.